The molecule has 0 aliphatic carbocycles. The molecule has 0 radical (unpaired) electrons. The molecule has 2 N–H and O–H groups in total. The molecular weight excluding hydrogens is 407 g/mol. The SMILES string of the molecule is Cl.O=C(CN1CCNCC1c1cccc(F)c1)Nc1ccccc1N1CCCC1=O. The summed E-state index contributed by atoms with van der Waals surface area (Å²) in [5, 5.41) is 6.29. The molecule has 2 saturated heterocycles. The molecule has 30 heavy (non-hydrogen) atoms. The quantitative estimate of drug-likeness (QED) is 0.762. The first-order valence-electron chi connectivity index (χ1n) is 10.0. The second-order valence-electron chi connectivity index (χ2n) is 7.46. The highest BCUT2D eigenvalue weighted by Gasteiger charge is 2.27. The molecule has 6 nitrogen and oxygen atoms in total. The van der Waals surface area contributed by atoms with Crippen molar-refractivity contribution in [2.75, 3.05) is 42.9 Å². The third-order valence-corrected chi connectivity index (χ3v) is 5.48. The molecule has 0 spiro atoms. The van der Waals surface area contributed by atoms with E-state index in [0.29, 0.717) is 31.7 Å². The van der Waals surface area contributed by atoms with Gasteiger partial charge in [0.15, 0.2) is 0 Å². The van der Waals surface area contributed by atoms with Gasteiger partial charge in [-0.2, -0.15) is 0 Å². The Kier molecular flexibility index (Phi) is 7.42. The monoisotopic (exact) mass is 432 g/mol. The summed E-state index contributed by atoms with van der Waals surface area (Å²) in [6.45, 7) is 3.00. The maximum atomic E-state index is 13.7. The molecular formula is C22H26ClFN4O2. The van der Waals surface area contributed by atoms with Gasteiger partial charge >= 0.3 is 0 Å². The van der Waals surface area contributed by atoms with Crippen LogP contribution in [0.3, 0.4) is 0 Å². The molecule has 2 fully saturated rings. The van der Waals surface area contributed by atoms with Crippen molar-refractivity contribution < 1.29 is 14.0 Å². The number of carbonyl (C=O) groups is 2. The largest absolute Gasteiger partial charge is 0.323 e. The van der Waals surface area contributed by atoms with Crippen LogP contribution in [0.15, 0.2) is 48.5 Å². The number of anilines is 2. The number of piperazine rings is 1. The van der Waals surface area contributed by atoms with Crippen molar-refractivity contribution in [2.45, 2.75) is 18.9 Å². The van der Waals surface area contributed by atoms with Gasteiger partial charge < -0.3 is 15.5 Å². The number of para-hydroxylation sites is 2. The van der Waals surface area contributed by atoms with Crippen LogP contribution in [-0.2, 0) is 9.59 Å². The van der Waals surface area contributed by atoms with Crippen molar-refractivity contribution in [3.05, 3.63) is 59.9 Å². The van der Waals surface area contributed by atoms with E-state index in [1.165, 1.54) is 12.1 Å². The average Bonchev–Trinajstić information content (AvgIpc) is 3.14. The Morgan fingerprint density at radius 3 is 2.77 bits per heavy atom. The zero-order valence-electron chi connectivity index (χ0n) is 16.6. The van der Waals surface area contributed by atoms with Crippen LogP contribution in [-0.4, -0.2) is 49.4 Å². The summed E-state index contributed by atoms with van der Waals surface area (Å²) in [6.07, 6.45) is 1.37. The Labute approximate surface area is 181 Å². The van der Waals surface area contributed by atoms with E-state index >= 15 is 0 Å². The first-order chi connectivity index (χ1) is 14.1. The van der Waals surface area contributed by atoms with Crippen LogP contribution in [0.5, 0.6) is 0 Å². The Bertz CT molecular complexity index is 910. The van der Waals surface area contributed by atoms with Crippen LogP contribution in [0, 0.1) is 5.82 Å². The minimum atomic E-state index is -0.276. The van der Waals surface area contributed by atoms with Gasteiger partial charge in [0.05, 0.1) is 17.9 Å². The van der Waals surface area contributed by atoms with E-state index in [1.807, 2.05) is 30.3 Å². The summed E-state index contributed by atoms with van der Waals surface area (Å²) >= 11 is 0. The van der Waals surface area contributed by atoms with Crippen molar-refractivity contribution in [2.24, 2.45) is 0 Å². The number of rotatable bonds is 5. The molecule has 2 heterocycles. The zero-order chi connectivity index (χ0) is 20.2. The van der Waals surface area contributed by atoms with Gasteiger partial charge in [0, 0.05) is 38.6 Å². The summed E-state index contributed by atoms with van der Waals surface area (Å²) in [4.78, 5) is 28.7. The lowest BCUT2D eigenvalue weighted by molar-refractivity contribution is -0.118. The first-order valence-corrected chi connectivity index (χ1v) is 10.0. The molecule has 0 aromatic heterocycles. The molecule has 0 saturated carbocycles. The highest BCUT2D eigenvalue weighted by atomic mass is 35.5. The van der Waals surface area contributed by atoms with Crippen LogP contribution in [0.4, 0.5) is 15.8 Å². The van der Waals surface area contributed by atoms with E-state index in [4.69, 9.17) is 0 Å². The average molecular weight is 433 g/mol. The molecule has 4 rings (SSSR count). The third kappa shape index (κ3) is 4.98. The van der Waals surface area contributed by atoms with E-state index in [2.05, 4.69) is 15.5 Å². The number of benzene rings is 2. The Hall–Kier alpha value is -2.48. The van der Waals surface area contributed by atoms with Crippen LogP contribution < -0.4 is 15.5 Å². The topological polar surface area (TPSA) is 64.7 Å². The smallest absolute Gasteiger partial charge is 0.238 e. The second kappa shape index (κ2) is 10.0. The van der Waals surface area contributed by atoms with Gasteiger partial charge in [-0.15, -0.1) is 12.4 Å². The molecule has 1 atom stereocenters. The molecule has 160 valence electrons. The predicted molar refractivity (Wildman–Crippen MR) is 117 cm³/mol. The zero-order valence-corrected chi connectivity index (χ0v) is 17.5. The summed E-state index contributed by atoms with van der Waals surface area (Å²) in [7, 11) is 0. The number of hydrogen-bond donors (Lipinski definition) is 2. The lowest BCUT2D eigenvalue weighted by Gasteiger charge is -2.36. The van der Waals surface area contributed by atoms with Gasteiger partial charge in [-0.05, 0) is 36.2 Å². The van der Waals surface area contributed by atoms with Crippen molar-refractivity contribution in [3.8, 4) is 0 Å². The molecule has 2 aromatic carbocycles. The molecule has 8 heteroatoms. The second-order valence-corrected chi connectivity index (χ2v) is 7.46. The number of nitrogens with zero attached hydrogens (tertiary/aromatic N) is 2. The predicted octanol–water partition coefficient (Wildman–Crippen LogP) is 2.96. The van der Waals surface area contributed by atoms with E-state index < -0.39 is 0 Å². The maximum Gasteiger partial charge on any atom is 0.238 e. The number of nitrogens with one attached hydrogen (secondary N) is 2. The number of amides is 2. The van der Waals surface area contributed by atoms with E-state index in [0.717, 1.165) is 24.2 Å². The molecule has 2 aliphatic rings. The van der Waals surface area contributed by atoms with Gasteiger partial charge in [-0.25, -0.2) is 4.39 Å². The van der Waals surface area contributed by atoms with E-state index in [1.54, 1.807) is 11.0 Å². The fraction of sp³-hybridized carbons (Fsp3) is 0.364. The minimum Gasteiger partial charge on any atom is -0.323 e. The molecule has 0 bridgehead atoms. The highest BCUT2D eigenvalue weighted by molar-refractivity contribution is 6.02. The maximum absolute atomic E-state index is 13.7. The van der Waals surface area contributed by atoms with Gasteiger partial charge in [-0.3, -0.25) is 14.5 Å². The van der Waals surface area contributed by atoms with Gasteiger partial charge in [-0.1, -0.05) is 24.3 Å². The Morgan fingerprint density at radius 2 is 2.00 bits per heavy atom. The summed E-state index contributed by atoms with van der Waals surface area (Å²) < 4.78 is 13.7. The van der Waals surface area contributed by atoms with Crippen molar-refractivity contribution in [1.82, 2.24) is 10.2 Å². The molecule has 2 aliphatic heterocycles. The van der Waals surface area contributed by atoms with Crippen LogP contribution >= 0.6 is 12.4 Å². The standard InChI is InChI=1S/C22H25FN4O2.ClH/c23-17-6-3-5-16(13-17)20-14-24-10-12-26(20)15-21(28)25-18-7-1-2-8-19(18)27-11-4-9-22(27)29;/h1-3,5-8,13,20,24H,4,9-12,14-15H2,(H,25,28);1H. The number of carbonyl (C=O) groups excluding carboxylic acids is 2. The van der Waals surface area contributed by atoms with Crippen molar-refractivity contribution in [3.63, 3.8) is 0 Å². The summed E-state index contributed by atoms with van der Waals surface area (Å²) in [5.41, 5.74) is 2.24. The first kappa shape index (κ1) is 22.2. The Balaban J connectivity index is 0.00000256. The van der Waals surface area contributed by atoms with E-state index in [9.17, 15) is 14.0 Å². The fourth-order valence-electron chi connectivity index (χ4n) is 4.07. The van der Waals surface area contributed by atoms with Gasteiger partial charge in [0.2, 0.25) is 11.8 Å². The fourth-order valence-corrected chi connectivity index (χ4v) is 4.07. The molecule has 1 unspecified atom stereocenters. The van der Waals surface area contributed by atoms with Crippen molar-refractivity contribution in [1.29, 1.82) is 0 Å². The van der Waals surface area contributed by atoms with E-state index in [-0.39, 0.29) is 42.6 Å². The third-order valence-electron chi connectivity index (χ3n) is 5.48. The molecule has 2 amide bonds. The summed E-state index contributed by atoms with van der Waals surface area (Å²) in [6, 6.07) is 13.9. The van der Waals surface area contributed by atoms with Crippen molar-refractivity contribution >= 4 is 35.6 Å². The lowest BCUT2D eigenvalue weighted by atomic mass is 10.0. The van der Waals surface area contributed by atoms with Crippen LogP contribution in [0.1, 0.15) is 24.4 Å². The summed E-state index contributed by atoms with van der Waals surface area (Å²) in [5.74, 6) is -0.339. The van der Waals surface area contributed by atoms with Gasteiger partial charge in [0.25, 0.3) is 0 Å². The van der Waals surface area contributed by atoms with Gasteiger partial charge in [0.1, 0.15) is 5.82 Å². The van der Waals surface area contributed by atoms with Crippen LogP contribution in [0.2, 0.25) is 0 Å². The number of halogens is 2. The number of hydrogen-bond acceptors (Lipinski definition) is 4. The Morgan fingerprint density at radius 1 is 1.17 bits per heavy atom. The minimum absolute atomic E-state index is 0. The molecule has 2 aromatic rings. The highest BCUT2D eigenvalue weighted by Crippen LogP contribution is 2.29. The normalized spacial score (nSPS) is 19.4. The lowest BCUT2D eigenvalue weighted by Crippen LogP contribution is -2.48. The van der Waals surface area contributed by atoms with Crippen LogP contribution in [0.25, 0.3) is 0 Å².